The summed E-state index contributed by atoms with van der Waals surface area (Å²) in [5.41, 5.74) is 25.3. The largest absolute Gasteiger partial charge is 0.310 e. The Balaban J connectivity index is 1.15. The Morgan fingerprint density at radius 2 is 0.902 bits per heavy atom. The van der Waals surface area contributed by atoms with Crippen molar-refractivity contribution in [3.05, 3.63) is 207 Å². The first kappa shape index (κ1) is 36.7. The van der Waals surface area contributed by atoms with Crippen LogP contribution >= 0.6 is 0 Å². The lowest BCUT2D eigenvalue weighted by Crippen LogP contribution is -2.33. The van der Waals surface area contributed by atoms with Gasteiger partial charge in [-0.1, -0.05) is 177 Å². The van der Waals surface area contributed by atoms with Crippen LogP contribution in [0.2, 0.25) is 0 Å². The zero-order chi connectivity index (χ0) is 41.8. The number of aryl methyl sites for hydroxylation is 2. The van der Waals surface area contributed by atoms with Crippen LogP contribution in [0.3, 0.4) is 0 Å². The SMILES string of the molecule is CC(C)(C)c1ccc(N(c2ccc(C(C)(C)C)cc2)c2cccc3c2C(C)(C)c2c-3ccc3c2-c2ccc4c5c(ccc(c25)C32c3ccccc3-c3ccccc32)CC4)cc1. The highest BCUT2D eigenvalue weighted by molar-refractivity contribution is 6.12. The van der Waals surface area contributed by atoms with Crippen LogP contribution in [0, 0.1) is 0 Å². The minimum atomic E-state index is -0.437. The molecule has 0 unspecified atom stereocenters. The molecule has 1 nitrogen and oxygen atoms in total. The van der Waals surface area contributed by atoms with E-state index in [1.54, 1.807) is 0 Å². The first-order valence-electron chi connectivity index (χ1n) is 22.4. The van der Waals surface area contributed by atoms with Crippen LogP contribution in [0.15, 0.2) is 152 Å². The fraction of sp³-hybridized carbons (Fsp3) is 0.233. The van der Waals surface area contributed by atoms with Gasteiger partial charge in [0.25, 0.3) is 0 Å². The Labute approximate surface area is 361 Å². The van der Waals surface area contributed by atoms with Gasteiger partial charge < -0.3 is 4.90 Å². The maximum absolute atomic E-state index is 2.53. The molecule has 1 heteroatoms. The van der Waals surface area contributed by atoms with Gasteiger partial charge in [0.1, 0.15) is 0 Å². The molecule has 0 amide bonds. The van der Waals surface area contributed by atoms with E-state index in [1.807, 2.05) is 0 Å². The van der Waals surface area contributed by atoms with Crippen LogP contribution in [-0.2, 0) is 34.5 Å². The molecule has 1 spiro atoms. The van der Waals surface area contributed by atoms with E-state index in [4.69, 9.17) is 0 Å². The summed E-state index contributed by atoms with van der Waals surface area (Å²) in [6.07, 6.45) is 2.22. The van der Waals surface area contributed by atoms with Gasteiger partial charge in [-0.2, -0.15) is 0 Å². The summed E-state index contributed by atoms with van der Waals surface area (Å²) in [6, 6.07) is 59.2. The molecule has 0 N–H and O–H groups in total. The third-order valence-corrected chi connectivity index (χ3v) is 15.0. The Bertz CT molecular complexity index is 3050. The van der Waals surface area contributed by atoms with Crippen molar-refractivity contribution in [2.75, 3.05) is 4.90 Å². The molecule has 8 aromatic carbocycles. The highest BCUT2D eigenvalue weighted by Gasteiger charge is 2.53. The van der Waals surface area contributed by atoms with Crippen LogP contribution in [0.4, 0.5) is 17.1 Å². The van der Waals surface area contributed by atoms with Crippen molar-refractivity contribution in [2.45, 2.75) is 89.9 Å². The topological polar surface area (TPSA) is 3.24 Å². The van der Waals surface area contributed by atoms with Crippen molar-refractivity contribution in [3.63, 3.8) is 0 Å². The van der Waals surface area contributed by atoms with Crippen molar-refractivity contribution in [2.24, 2.45) is 0 Å². The van der Waals surface area contributed by atoms with Gasteiger partial charge in [0.05, 0.1) is 11.1 Å². The summed E-state index contributed by atoms with van der Waals surface area (Å²) < 4.78 is 0. The third-order valence-electron chi connectivity index (χ3n) is 15.0. The van der Waals surface area contributed by atoms with Gasteiger partial charge >= 0.3 is 0 Å². The molecule has 61 heavy (non-hydrogen) atoms. The van der Waals surface area contributed by atoms with Gasteiger partial charge in [-0.15, -0.1) is 0 Å². The molecule has 0 bridgehead atoms. The lowest BCUT2D eigenvalue weighted by Gasteiger charge is -2.42. The van der Waals surface area contributed by atoms with Crippen molar-refractivity contribution in [1.82, 2.24) is 0 Å². The average Bonchev–Trinajstić information content (AvgIpc) is 3.89. The molecule has 0 fully saturated rings. The lowest BCUT2D eigenvalue weighted by molar-refractivity contribution is 0.590. The van der Waals surface area contributed by atoms with Crippen molar-refractivity contribution in [1.29, 1.82) is 0 Å². The quantitative estimate of drug-likeness (QED) is 0.172. The highest BCUT2D eigenvalue weighted by atomic mass is 15.1. The molecular formula is C60H53N. The number of benzene rings is 8. The summed E-state index contributed by atoms with van der Waals surface area (Å²) in [6.45, 7) is 18.8. The van der Waals surface area contributed by atoms with Crippen LogP contribution in [-0.4, -0.2) is 0 Å². The molecular weight excluding hydrogens is 735 g/mol. The zero-order valence-electron chi connectivity index (χ0n) is 36.8. The van der Waals surface area contributed by atoms with Crippen LogP contribution < -0.4 is 4.90 Å². The molecule has 298 valence electrons. The second-order valence-electron chi connectivity index (χ2n) is 20.8. The Morgan fingerprint density at radius 3 is 1.48 bits per heavy atom. The van der Waals surface area contributed by atoms with Crippen LogP contribution in [0.25, 0.3) is 44.2 Å². The number of rotatable bonds is 3. The first-order chi connectivity index (χ1) is 29.3. The summed E-state index contributed by atoms with van der Waals surface area (Å²) >= 11 is 0. The van der Waals surface area contributed by atoms with E-state index >= 15 is 0 Å². The van der Waals surface area contributed by atoms with E-state index in [0.29, 0.717) is 0 Å². The number of fused-ring (bicyclic) bond motifs is 13. The van der Waals surface area contributed by atoms with E-state index in [0.717, 1.165) is 12.8 Å². The van der Waals surface area contributed by atoms with Crippen molar-refractivity contribution >= 4 is 27.8 Å². The lowest BCUT2D eigenvalue weighted by atomic mass is 9.59. The molecule has 0 atom stereocenters. The van der Waals surface area contributed by atoms with Crippen LogP contribution in [0.1, 0.15) is 111 Å². The predicted molar refractivity (Wildman–Crippen MR) is 257 cm³/mol. The van der Waals surface area contributed by atoms with Crippen molar-refractivity contribution < 1.29 is 0 Å². The Hall–Kier alpha value is -6.18. The molecule has 0 aliphatic heterocycles. The van der Waals surface area contributed by atoms with Gasteiger partial charge in [0, 0.05) is 16.8 Å². The molecule has 12 rings (SSSR count). The second kappa shape index (κ2) is 12.2. The summed E-state index contributed by atoms with van der Waals surface area (Å²) in [5.74, 6) is 0. The third kappa shape index (κ3) is 4.78. The van der Waals surface area contributed by atoms with E-state index in [2.05, 4.69) is 212 Å². The fourth-order valence-corrected chi connectivity index (χ4v) is 12.3. The summed E-state index contributed by atoms with van der Waals surface area (Å²) in [7, 11) is 0. The average molecular weight is 788 g/mol. The standard InChI is InChI=1S/C60H53N/c1-57(2,3)38-24-28-40(29-25-38)61(41-30-26-39(27-31-41)58(4,5)6)51-19-13-16-44-45-33-35-50-54(56(45)59(7,8)55(44)51)46-32-22-36-20-21-37-23-34-49(53(46)52(36)37)60(50)47-17-11-9-14-42(47)43-15-10-12-18-48(43)60/h9-19,22-35H,20-21H2,1-8H3. The van der Waals surface area contributed by atoms with Gasteiger partial charge in [0.2, 0.25) is 0 Å². The highest BCUT2D eigenvalue weighted by Crippen LogP contribution is 2.66. The minimum Gasteiger partial charge on any atom is -0.310 e. The normalized spacial score (nSPS) is 15.7. The van der Waals surface area contributed by atoms with E-state index in [9.17, 15) is 0 Å². The smallest absolute Gasteiger partial charge is 0.0725 e. The molecule has 0 saturated carbocycles. The van der Waals surface area contributed by atoms with Gasteiger partial charge in [-0.3, -0.25) is 0 Å². The monoisotopic (exact) mass is 787 g/mol. The Morgan fingerprint density at radius 1 is 0.410 bits per heavy atom. The van der Waals surface area contributed by atoms with Crippen molar-refractivity contribution in [3.8, 4) is 33.4 Å². The molecule has 4 aliphatic rings. The number of anilines is 3. The molecule has 8 aromatic rings. The second-order valence-corrected chi connectivity index (χ2v) is 20.8. The Kier molecular flexibility index (Phi) is 7.35. The molecule has 0 aromatic heterocycles. The first-order valence-corrected chi connectivity index (χ1v) is 22.4. The van der Waals surface area contributed by atoms with Crippen LogP contribution in [0.5, 0.6) is 0 Å². The molecule has 0 radical (unpaired) electrons. The molecule has 0 heterocycles. The predicted octanol–water partition coefficient (Wildman–Crippen LogP) is 15.7. The van der Waals surface area contributed by atoms with Gasteiger partial charge in [-0.05, 0) is 154 Å². The maximum Gasteiger partial charge on any atom is 0.0725 e. The van der Waals surface area contributed by atoms with Gasteiger partial charge in [0.15, 0.2) is 0 Å². The minimum absolute atomic E-state index is 0.0641. The van der Waals surface area contributed by atoms with E-state index in [1.165, 1.54) is 117 Å². The zero-order valence-corrected chi connectivity index (χ0v) is 36.8. The number of hydrogen-bond donors (Lipinski definition) is 0. The maximum atomic E-state index is 2.53. The fourth-order valence-electron chi connectivity index (χ4n) is 12.3. The summed E-state index contributed by atoms with van der Waals surface area (Å²) in [5, 5.41) is 2.96. The number of nitrogens with zero attached hydrogens (tertiary/aromatic N) is 1. The van der Waals surface area contributed by atoms with Gasteiger partial charge in [-0.25, -0.2) is 0 Å². The number of hydrogen-bond acceptors (Lipinski definition) is 1. The van der Waals surface area contributed by atoms with E-state index in [-0.39, 0.29) is 16.2 Å². The molecule has 0 saturated heterocycles. The molecule has 4 aliphatic carbocycles. The van der Waals surface area contributed by atoms with E-state index < -0.39 is 5.41 Å². The summed E-state index contributed by atoms with van der Waals surface area (Å²) in [4.78, 5) is 2.53.